The molecular formula is C10H17NOS. The van der Waals surface area contributed by atoms with Gasteiger partial charge in [0.25, 0.3) is 0 Å². The molecule has 1 N–H and O–H groups in total. The van der Waals surface area contributed by atoms with E-state index in [4.69, 9.17) is 0 Å². The van der Waals surface area contributed by atoms with E-state index in [2.05, 4.69) is 11.9 Å². The van der Waals surface area contributed by atoms with Crippen LogP contribution in [0.15, 0.2) is 12.7 Å². The van der Waals surface area contributed by atoms with Crippen LogP contribution in [-0.2, 0) is 4.79 Å². The Morgan fingerprint density at radius 2 is 2.23 bits per heavy atom. The van der Waals surface area contributed by atoms with Crippen LogP contribution >= 0.6 is 11.8 Å². The van der Waals surface area contributed by atoms with Gasteiger partial charge in [-0.3, -0.25) is 4.79 Å². The maximum absolute atomic E-state index is 11.0. The number of rotatable bonds is 3. The van der Waals surface area contributed by atoms with Crippen molar-refractivity contribution in [3.63, 3.8) is 0 Å². The number of hydrogen-bond donors (Lipinski definition) is 1. The Morgan fingerprint density at radius 1 is 1.62 bits per heavy atom. The average molecular weight is 199 g/mol. The normalized spacial score (nSPS) is 20.7. The molecule has 1 aliphatic heterocycles. The first-order valence-corrected chi connectivity index (χ1v) is 5.81. The van der Waals surface area contributed by atoms with Gasteiger partial charge in [-0.1, -0.05) is 6.08 Å². The van der Waals surface area contributed by atoms with Gasteiger partial charge in [-0.25, -0.2) is 0 Å². The van der Waals surface area contributed by atoms with Crippen LogP contribution in [0.4, 0.5) is 0 Å². The van der Waals surface area contributed by atoms with Gasteiger partial charge in [-0.2, -0.15) is 11.8 Å². The smallest absolute Gasteiger partial charge is 0.217 e. The molecule has 0 aromatic heterocycles. The van der Waals surface area contributed by atoms with Crippen LogP contribution in [0.5, 0.6) is 0 Å². The first kappa shape index (κ1) is 10.6. The van der Waals surface area contributed by atoms with Gasteiger partial charge in [0.15, 0.2) is 0 Å². The molecular weight excluding hydrogens is 182 g/mol. The number of hydrogen-bond acceptors (Lipinski definition) is 2. The van der Waals surface area contributed by atoms with Crippen molar-refractivity contribution in [1.29, 1.82) is 0 Å². The predicted molar refractivity (Wildman–Crippen MR) is 57.9 cm³/mol. The summed E-state index contributed by atoms with van der Waals surface area (Å²) in [6, 6.07) is 0. The highest BCUT2D eigenvalue weighted by Crippen LogP contribution is 2.30. The third kappa shape index (κ3) is 3.07. The quantitative estimate of drug-likeness (QED) is 0.704. The van der Waals surface area contributed by atoms with Gasteiger partial charge in [-0.15, -0.1) is 6.58 Å². The second-order valence-electron chi connectivity index (χ2n) is 3.57. The van der Waals surface area contributed by atoms with Crippen molar-refractivity contribution in [3.05, 3.63) is 12.7 Å². The third-order valence-corrected chi connectivity index (χ3v) is 3.41. The zero-order valence-electron chi connectivity index (χ0n) is 8.14. The van der Waals surface area contributed by atoms with Gasteiger partial charge in [-0.05, 0) is 30.8 Å². The first-order chi connectivity index (χ1) is 6.18. The number of carbonyl (C=O) groups is 1. The molecule has 0 spiro atoms. The molecule has 0 aromatic carbocycles. The molecule has 13 heavy (non-hydrogen) atoms. The lowest BCUT2D eigenvalue weighted by Gasteiger charge is -2.36. The molecule has 0 saturated carbocycles. The molecule has 1 amide bonds. The summed E-state index contributed by atoms with van der Waals surface area (Å²) in [6.45, 7) is 5.34. The van der Waals surface area contributed by atoms with Gasteiger partial charge in [0.2, 0.25) is 5.91 Å². The number of amides is 1. The SMILES string of the molecule is C=CCC1(NC(C)=O)CCSCC1. The molecule has 1 rings (SSSR count). The second kappa shape index (κ2) is 4.70. The molecule has 0 aliphatic carbocycles. The van der Waals surface area contributed by atoms with Crippen molar-refractivity contribution >= 4 is 17.7 Å². The largest absolute Gasteiger partial charge is 0.351 e. The third-order valence-electron chi connectivity index (χ3n) is 2.43. The molecule has 1 saturated heterocycles. The minimum Gasteiger partial charge on any atom is -0.351 e. The summed E-state index contributed by atoms with van der Waals surface area (Å²) in [5, 5.41) is 3.07. The van der Waals surface area contributed by atoms with Crippen LogP contribution < -0.4 is 5.32 Å². The van der Waals surface area contributed by atoms with E-state index in [9.17, 15) is 4.79 Å². The Hall–Kier alpha value is -0.440. The number of thioether (sulfide) groups is 1. The highest BCUT2D eigenvalue weighted by molar-refractivity contribution is 7.99. The van der Waals surface area contributed by atoms with E-state index in [0.717, 1.165) is 30.8 Å². The lowest BCUT2D eigenvalue weighted by molar-refractivity contribution is -0.121. The fourth-order valence-electron chi connectivity index (χ4n) is 1.79. The lowest BCUT2D eigenvalue weighted by atomic mass is 9.88. The van der Waals surface area contributed by atoms with E-state index < -0.39 is 0 Å². The van der Waals surface area contributed by atoms with E-state index in [0.29, 0.717) is 0 Å². The van der Waals surface area contributed by atoms with Gasteiger partial charge in [0.1, 0.15) is 0 Å². The average Bonchev–Trinajstić information content (AvgIpc) is 2.04. The van der Waals surface area contributed by atoms with Gasteiger partial charge in [0.05, 0.1) is 0 Å². The van der Waals surface area contributed by atoms with Gasteiger partial charge in [0, 0.05) is 12.5 Å². The van der Waals surface area contributed by atoms with Crippen molar-refractivity contribution in [1.82, 2.24) is 5.32 Å². The fraction of sp³-hybridized carbons (Fsp3) is 0.700. The Kier molecular flexibility index (Phi) is 3.85. The second-order valence-corrected chi connectivity index (χ2v) is 4.79. The van der Waals surface area contributed by atoms with Crippen LogP contribution in [0, 0.1) is 0 Å². The fourth-order valence-corrected chi connectivity index (χ4v) is 3.07. The molecule has 1 fully saturated rings. The van der Waals surface area contributed by atoms with Gasteiger partial charge >= 0.3 is 0 Å². The zero-order valence-corrected chi connectivity index (χ0v) is 8.95. The van der Waals surface area contributed by atoms with Crippen molar-refractivity contribution < 1.29 is 4.79 Å². The van der Waals surface area contributed by atoms with E-state index in [1.807, 2.05) is 17.8 Å². The minimum absolute atomic E-state index is 0.0127. The zero-order chi connectivity index (χ0) is 9.73. The van der Waals surface area contributed by atoms with Crippen LogP contribution in [0.3, 0.4) is 0 Å². The summed E-state index contributed by atoms with van der Waals surface area (Å²) in [7, 11) is 0. The molecule has 0 atom stereocenters. The van der Waals surface area contributed by atoms with Crippen LogP contribution in [0.25, 0.3) is 0 Å². The van der Waals surface area contributed by atoms with E-state index in [1.165, 1.54) is 0 Å². The molecule has 2 nitrogen and oxygen atoms in total. The van der Waals surface area contributed by atoms with E-state index in [1.54, 1.807) is 6.92 Å². The van der Waals surface area contributed by atoms with Crippen molar-refractivity contribution in [3.8, 4) is 0 Å². The maximum Gasteiger partial charge on any atom is 0.217 e. The first-order valence-electron chi connectivity index (χ1n) is 4.66. The monoisotopic (exact) mass is 199 g/mol. The van der Waals surface area contributed by atoms with Crippen LogP contribution in [-0.4, -0.2) is 23.0 Å². The molecule has 74 valence electrons. The topological polar surface area (TPSA) is 29.1 Å². The Balaban J connectivity index is 2.60. The maximum atomic E-state index is 11.0. The summed E-state index contributed by atoms with van der Waals surface area (Å²) in [5.41, 5.74) is 0.0127. The molecule has 3 heteroatoms. The molecule has 1 aliphatic rings. The number of nitrogens with one attached hydrogen (secondary N) is 1. The van der Waals surface area contributed by atoms with Crippen molar-refractivity contribution in [2.75, 3.05) is 11.5 Å². The highest BCUT2D eigenvalue weighted by atomic mass is 32.2. The predicted octanol–water partition coefficient (Wildman–Crippen LogP) is 1.96. The molecule has 1 heterocycles. The summed E-state index contributed by atoms with van der Waals surface area (Å²) in [5.74, 6) is 2.37. The highest BCUT2D eigenvalue weighted by Gasteiger charge is 2.31. The summed E-state index contributed by atoms with van der Waals surface area (Å²) in [6.07, 6.45) is 4.95. The standard InChI is InChI=1S/C10H17NOS/c1-3-4-10(11-9(2)12)5-7-13-8-6-10/h3H,1,4-8H2,2H3,(H,11,12). The van der Waals surface area contributed by atoms with Crippen LogP contribution in [0.1, 0.15) is 26.2 Å². The minimum atomic E-state index is 0.0127. The van der Waals surface area contributed by atoms with Crippen LogP contribution in [0.2, 0.25) is 0 Å². The molecule has 0 unspecified atom stereocenters. The molecule has 0 bridgehead atoms. The summed E-state index contributed by atoms with van der Waals surface area (Å²) < 4.78 is 0. The Bertz CT molecular complexity index is 197. The summed E-state index contributed by atoms with van der Waals surface area (Å²) >= 11 is 1.96. The van der Waals surface area contributed by atoms with Gasteiger partial charge < -0.3 is 5.32 Å². The van der Waals surface area contributed by atoms with E-state index >= 15 is 0 Å². The Morgan fingerprint density at radius 3 is 2.69 bits per heavy atom. The molecule has 0 radical (unpaired) electrons. The van der Waals surface area contributed by atoms with Crippen molar-refractivity contribution in [2.24, 2.45) is 0 Å². The lowest BCUT2D eigenvalue weighted by Crippen LogP contribution is -2.49. The summed E-state index contributed by atoms with van der Waals surface area (Å²) in [4.78, 5) is 11.0. The molecule has 0 aromatic rings. The number of carbonyl (C=O) groups excluding carboxylic acids is 1. The van der Waals surface area contributed by atoms with E-state index in [-0.39, 0.29) is 11.4 Å². The van der Waals surface area contributed by atoms with Crippen molar-refractivity contribution in [2.45, 2.75) is 31.7 Å². The Labute approximate surface area is 84.2 Å².